The molecule has 8 heteroatoms. The lowest BCUT2D eigenvalue weighted by Gasteiger charge is -2.14. The van der Waals surface area contributed by atoms with Crippen LogP contribution >= 0.6 is 11.6 Å². The molecule has 2 aromatic rings. The number of aryl methyl sites for hydroxylation is 1. The van der Waals surface area contributed by atoms with Crippen LogP contribution in [0.25, 0.3) is 0 Å². The first kappa shape index (κ1) is 18.1. The van der Waals surface area contributed by atoms with Crippen molar-refractivity contribution in [1.29, 1.82) is 0 Å². The Bertz CT molecular complexity index is 863. The molecule has 0 aromatic heterocycles. The Balaban J connectivity index is 2.47. The van der Waals surface area contributed by atoms with Gasteiger partial charge in [-0.15, -0.1) is 0 Å². The molecule has 2 aromatic carbocycles. The van der Waals surface area contributed by atoms with Gasteiger partial charge in [0.05, 0.1) is 30.4 Å². The zero-order valence-corrected chi connectivity index (χ0v) is 14.9. The highest BCUT2D eigenvalue weighted by Gasteiger charge is 2.20. The number of anilines is 1. The van der Waals surface area contributed by atoms with Crippen molar-refractivity contribution in [3.05, 3.63) is 52.5 Å². The third kappa shape index (κ3) is 3.80. The van der Waals surface area contributed by atoms with Crippen LogP contribution in [0.5, 0.6) is 5.75 Å². The van der Waals surface area contributed by atoms with E-state index in [0.29, 0.717) is 0 Å². The Morgan fingerprint density at radius 1 is 1.12 bits per heavy atom. The molecule has 0 unspecified atom stereocenters. The zero-order valence-electron chi connectivity index (χ0n) is 13.3. The van der Waals surface area contributed by atoms with Crippen LogP contribution in [0.3, 0.4) is 0 Å². The Morgan fingerprint density at radius 3 is 2.29 bits per heavy atom. The molecule has 0 aliphatic heterocycles. The van der Waals surface area contributed by atoms with E-state index in [1.165, 1.54) is 38.5 Å². The number of hydrogen-bond donors (Lipinski definition) is 1. The second-order valence-corrected chi connectivity index (χ2v) is 7.01. The maximum Gasteiger partial charge on any atom is 0.338 e. The molecule has 0 saturated carbocycles. The molecule has 0 spiro atoms. The Morgan fingerprint density at radius 2 is 1.75 bits per heavy atom. The van der Waals surface area contributed by atoms with Crippen LogP contribution in [-0.2, 0) is 14.8 Å². The van der Waals surface area contributed by atoms with Crippen LogP contribution in [-0.4, -0.2) is 28.6 Å². The number of carbonyl (C=O) groups excluding carboxylic acids is 1. The number of rotatable bonds is 5. The lowest BCUT2D eigenvalue weighted by molar-refractivity contribution is 0.0600. The van der Waals surface area contributed by atoms with Crippen LogP contribution in [0.1, 0.15) is 15.9 Å². The molecule has 0 aliphatic carbocycles. The molecule has 2 rings (SSSR count). The lowest BCUT2D eigenvalue weighted by Crippen LogP contribution is -2.14. The molecule has 0 fully saturated rings. The monoisotopic (exact) mass is 369 g/mol. The van der Waals surface area contributed by atoms with E-state index in [0.717, 1.165) is 5.56 Å². The van der Waals surface area contributed by atoms with E-state index in [4.69, 9.17) is 16.3 Å². The summed E-state index contributed by atoms with van der Waals surface area (Å²) in [7, 11) is -1.29. The number of esters is 1. The van der Waals surface area contributed by atoms with E-state index in [2.05, 4.69) is 9.46 Å². The minimum absolute atomic E-state index is 0.0250. The number of nitrogens with one attached hydrogen (secondary N) is 1. The summed E-state index contributed by atoms with van der Waals surface area (Å²) in [6, 6.07) is 8.99. The van der Waals surface area contributed by atoms with Crippen LogP contribution in [0.4, 0.5) is 5.69 Å². The Labute approximate surface area is 145 Å². The third-order valence-electron chi connectivity index (χ3n) is 3.26. The van der Waals surface area contributed by atoms with Gasteiger partial charge in [0.2, 0.25) is 0 Å². The maximum absolute atomic E-state index is 12.5. The normalized spacial score (nSPS) is 11.0. The van der Waals surface area contributed by atoms with Crippen molar-refractivity contribution in [3.8, 4) is 5.75 Å². The molecule has 6 nitrogen and oxygen atoms in total. The number of sulfonamides is 1. The fourth-order valence-electron chi connectivity index (χ4n) is 1.98. The van der Waals surface area contributed by atoms with E-state index in [-0.39, 0.29) is 26.9 Å². The maximum atomic E-state index is 12.5. The van der Waals surface area contributed by atoms with Gasteiger partial charge in [-0.05, 0) is 31.2 Å². The van der Waals surface area contributed by atoms with Gasteiger partial charge in [-0.25, -0.2) is 13.2 Å². The number of halogens is 1. The van der Waals surface area contributed by atoms with Crippen molar-refractivity contribution < 1.29 is 22.7 Å². The molecule has 0 amide bonds. The predicted molar refractivity (Wildman–Crippen MR) is 91.3 cm³/mol. The van der Waals surface area contributed by atoms with Gasteiger partial charge in [-0.2, -0.15) is 0 Å². The smallest absolute Gasteiger partial charge is 0.338 e. The number of carbonyl (C=O) groups is 1. The van der Waals surface area contributed by atoms with Crippen LogP contribution in [0.2, 0.25) is 5.02 Å². The molecule has 0 heterocycles. The van der Waals surface area contributed by atoms with Crippen molar-refractivity contribution in [2.24, 2.45) is 0 Å². The zero-order chi connectivity index (χ0) is 17.9. The molecule has 0 aliphatic rings. The number of methoxy groups -OCH3 is 2. The van der Waals surface area contributed by atoms with Gasteiger partial charge in [0, 0.05) is 0 Å². The Kier molecular flexibility index (Phi) is 5.36. The third-order valence-corrected chi connectivity index (χ3v) is 5.03. The first-order chi connectivity index (χ1) is 11.3. The fraction of sp³-hybridized carbons (Fsp3) is 0.188. The number of hydrogen-bond acceptors (Lipinski definition) is 5. The molecule has 0 radical (unpaired) electrons. The molecule has 0 bridgehead atoms. The van der Waals surface area contributed by atoms with Gasteiger partial charge >= 0.3 is 5.97 Å². The summed E-state index contributed by atoms with van der Waals surface area (Å²) >= 11 is 6.14. The van der Waals surface area contributed by atoms with Crippen molar-refractivity contribution in [2.75, 3.05) is 18.9 Å². The van der Waals surface area contributed by atoms with E-state index < -0.39 is 16.0 Å². The Hall–Kier alpha value is -2.25. The van der Waals surface area contributed by atoms with Crippen molar-refractivity contribution in [3.63, 3.8) is 0 Å². The van der Waals surface area contributed by atoms with Crippen molar-refractivity contribution in [1.82, 2.24) is 0 Å². The fourth-order valence-corrected chi connectivity index (χ4v) is 3.33. The number of benzene rings is 2. The van der Waals surface area contributed by atoms with Crippen molar-refractivity contribution in [2.45, 2.75) is 11.8 Å². The highest BCUT2D eigenvalue weighted by Crippen LogP contribution is 2.35. The highest BCUT2D eigenvalue weighted by molar-refractivity contribution is 7.92. The molecule has 0 atom stereocenters. The van der Waals surface area contributed by atoms with Gasteiger partial charge in [0.1, 0.15) is 10.8 Å². The molecular formula is C16H16ClNO5S. The van der Waals surface area contributed by atoms with Crippen LogP contribution in [0, 0.1) is 6.92 Å². The van der Waals surface area contributed by atoms with Gasteiger partial charge in [0.15, 0.2) is 0 Å². The van der Waals surface area contributed by atoms with E-state index >= 15 is 0 Å². The van der Waals surface area contributed by atoms with E-state index in [9.17, 15) is 13.2 Å². The summed E-state index contributed by atoms with van der Waals surface area (Å²) in [5.41, 5.74) is 1.07. The minimum atomic E-state index is -3.87. The van der Waals surface area contributed by atoms with Gasteiger partial charge in [-0.1, -0.05) is 29.3 Å². The molecule has 128 valence electrons. The van der Waals surface area contributed by atoms with Gasteiger partial charge < -0.3 is 9.47 Å². The summed E-state index contributed by atoms with van der Waals surface area (Å²) in [4.78, 5) is 11.8. The standard InChI is InChI=1S/C16H16ClNO5S/c1-10-4-6-12(7-5-10)24(20,21)18-13-8-11(16(19)23-3)9-14(22-2)15(13)17/h4-9,18H,1-3H3. The summed E-state index contributed by atoms with van der Waals surface area (Å²) in [6.45, 7) is 1.85. The summed E-state index contributed by atoms with van der Waals surface area (Å²) in [6.07, 6.45) is 0. The molecule has 0 saturated heterocycles. The van der Waals surface area contributed by atoms with Crippen LogP contribution < -0.4 is 9.46 Å². The number of ether oxygens (including phenoxy) is 2. The summed E-state index contributed by atoms with van der Waals surface area (Å²) < 4.78 is 37.1. The average Bonchev–Trinajstić information content (AvgIpc) is 2.56. The summed E-state index contributed by atoms with van der Waals surface area (Å²) in [5, 5.41) is 0.0424. The quantitative estimate of drug-likeness (QED) is 0.818. The first-order valence-corrected chi connectivity index (χ1v) is 8.70. The highest BCUT2D eigenvalue weighted by atomic mass is 35.5. The first-order valence-electron chi connectivity index (χ1n) is 6.84. The average molecular weight is 370 g/mol. The lowest BCUT2D eigenvalue weighted by atomic mass is 10.2. The largest absolute Gasteiger partial charge is 0.495 e. The van der Waals surface area contributed by atoms with Crippen LogP contribution in [0.15, 0.2) is 41.3 Å². The second kappa shape index (κ2) is 7.11. The van der Waals surface area contributed by atoms with Gasteiger partial charge in [0.25, 0.3) is 10.0 Å². The molecular weight excluding hydrogens is 354 g/mol. The van der Waals surface area contributed by atoms with Crippen molar-refractivity contribution >= 4 is 33.3 Å². The second-order valence-electron chi connectivity index (χ2n) is 4.95. The summed E-state index contributed by atoms with van der Waals surface area (Å²) in [5.74, 6) is -0.484. The molecule has 1 N–H and O–H groups in total. The predicted octanol–water partition coefficient (Wildman–Crippen LogP) is 3.24. The van der Waals surface area contributed by atoms with E-state index in [1.54, 1.807) is 12.1 Å². The van der Waals surface area contributed by atoms with Gasteiger partial charge in [-0.3, -0.25) is 4.72 Å². The SMILES string of the molecule is COC(=O)c1cc(NS(=O)(=O)c2ccc(C)cc2)c(Cl)c(OC)c1. The minimum Gasteiger partial charge on any atom is -0.495 e. The topological polar surface area (TPSA) is 81.7 Å². The molecule has 24 heavy (non-hydrogen) atoms. The van der Waals surface area contributed by atoms with E-state index in [1.807, 2.05) is 6.92 Å².